The molecule has 3 nitrogen and oxygen atoms in total. The first-order chi connectivity index (χ1) is 9.02. The number of carbonyl (C=O) groups excluding carboxylic acids is 2. The average molecular weight is 262 g/mol. The van der Waals surface area contributed by atoms with Crippen molar-refractivity contribution in [3.63, 3.8) is 0 Å². The van der Waals surface area contributed by atoms with Crippen LogP contribution in [0.15, 0.2) is 24.3 Å². The summed E-state index contributed by atoms with van der Waals surface area (Å²) in [7, 11) is 0. The molecule has 1 rings (SSSR count). The molecule has 0 aliphatic carbocycles. The highest BCUT2D eigenvalue weighted by Crippen LogP contribution is 2.15. The highest BCUT2D eigenvalue weighted by molar-refractivity contribution is 5.82. The van der Waals surface area contributed by atoms with Crippen molar-refractivity contribution in [2.24, 2.45) is 0 Å². The van der Waals surface area contributed by atoms with E-state index in [1.54, 1.807) is 0 Å². The van der Waals surface area contributed by atoms with Gasteiger partial charge in [0.1, 0.15) is 12.4 Å². The van der Waals surface area contributed by atoms with Crippen LogP contribution in [0.25, 0.3) is 0 Å². The van der Waals surface area contributed by atoms with E-state index in [1.807, 2.05) is 12.1 Å². The Hall–Kier alpha value is -1.48. The number of rotatable bonds is 8. The summed E-state index contributed by atoms with van der Waals surface area (Å²) in [4.78, 5) is 22.6. The molecule has 0 aliphatic rings. The van der Waals surface area contributed by atoms with Crippen molar-refractivity contribution in [3.05, 3.63) is 35.4 Å². The minimum absolute atomic E-state index is 0.142. The summed E-state index contributed by atoms with van der Waals surface area (Å²) in [6.45, 7) is 3.85. The number of aliphatic hydroxyl groups is 1. The number of hydrogen-bond acceptors (Lipinski definition) is 3. The summed E-state index contributed by atoms with van der Waals surface area (Å²) in [6.07, 6.45) is 1.64. The number of Topliss-reactive ketones (excluding diaryl/α,β-unsaturated/α-hetero) is 2. The number of ketones is 2. The monoisotopic (exact) mass is 262 g/mol. The van der Waals surface area contributed by atoms with Gasteiger partial charge in [0, 0.05) is 19.3 Å². The molecule has 1 aromatic rings. The van der Waals surface area contributed by atoms with Gasteiger partial charge in [0.2, 0.25) is 0 Å². The van der Waals surface area contributed by atoms with Crippen LogP contribution < -0.4 is 0 Å². The van der Waals surface area contributed by atoms with Crippen LogP contribution in [0.4, 0.5) is 0 Å². The van der Waals surface area contributed by atoms with E-state index in [4.69, 9.17) is 5.11 Å². The van der Waals surface area contributed by atoms with Gasteiger partial charge in [-0.2, -0.15) is 0 Å². The van der Waals surface area contributed by atoms with E-state index in [9.17, 15) is 9.59 Å². The zero-order chi connectivity index (χ0) is 14.3. The lowest BCUT2D eigenvalue weighted by molar-refractivity contribution is -0.122. The fourth-order valence-electron chi connectivity index (χ4n) is 1.90. The quantitative estimate of drug-likeness (QED) is 0.783. The SMILES string of the molecule is CC(C)c1ccc(CC(=O)CCCC(=O)CO)cc1. The van der Waals surface area contributed by atoms with E-state index < -0.39 is 6.61 Å². The number of benzene rings is 1. The van der Waals surface area contributed by atoms with Gasteiger partial charge in [0.15, 0.2) is 5.78 Å². The van der Waals surface area contributed by atoms with Gasteiger partial charge >= 0.3 is 0 Å². The predicted molar refractivity (Wildman–Crippen MR) is 75.2 cm³/mol. The third kappa shape index (κ3) is 5.79. The molecular weight excluding hydrogens is 240 g/mol. The summed E-state index contributed by atoms with van der Waals surface area (Å²) in [6, 6.07) is 8.10. The van der Waals surface area contributed by atoms with Crippen LogP contribution in [0.3, 0.4) is 0 Å². The maximum atomic E-state index is 11.7. The molecule has 0 aliphatic heterocycles. The Morgan fingerprint density at radius 2 is 1.63 bits per heavy atom. The Morgan fingerprint density at radius 1 is 1.05 bits per heavy atom. The van der Waals surface area contributed by atoms with Crippen molar-refractivity contribution in [3.8, 4) is 0 Å². The van der Waals surface area contributed by atoms with Crippen LogP contribution >= 0.6 is 0 Å². The van der Waals surface area contributed by atoms with Gasteiger partial charge in [-0.25, -0.2) is 0 Å². The molecule has 3 heteroatoms. The molecule has 0 spiro atoms. The van der Waals surface area contributed by atoms with Gasteiger partial charge in [-0.1, -0.05) is 38.1 Å². The van der Waals surface area contributed by atoms with Gasteiger partial charge in [-0.15, -0.1) is 0 Å². The van der Waals surface area contributed by atoms with E-state index in [2.05, 4.69) is 26.0 Å². The zero-order valence-corrected chi connectivity index (χ0v) is 11.7. The Kier molecular flexibility index (Phi) is 6.43. The fourth-order valence-corrected chi connectivity index (χ4v) is 1.90. The second-order valence-electron chi connectivity index (χ2n) is 5.16. The molecule has 0 saturated heterocycles. The molecule has 1 aromatic carbocycles. The lowest BCUT2D eigenvalue weighted by Gasteiger charge is -2.06. The first-order valence-corrected chi connectivity index (χ1v) is 6.76. The topological polar surface area (TPSA) is 54.4 Å². The van der Waals surface area contributed by atoms with Crippen molar-refractivity contribution in [2.45, 2.75) is 45.4 Å². The van der Waals surface area contributed by atoms with Crippen molar-refractivity contribution in [2.75, 3.05) is 6.61 Å². The molecule has 0 saturated carbocycles. The minimum atomic E-state index is -0.426. The third-order valence-electron chi connectivity index (χ3n) is 3.14. The molecule has 0 heterocycles. The molecule has 104 valence electrons. The first kappa shape index (κ1) is 15.6. The van der Waals surface area contributed by atoms with Crippen LogP contribution in [-0.4, -0.2) is 23.3 Å². The van der Waals surface area contributed by atoms with Crippen LogP contribution in [0, 0.1) is 0 Å². The van der Waals surface area contributed by atoms with E-state index >= 15 is 0 Å². The van der Waals surface area contributed by atoms with Gasteiger partial charge in [0.05, 0.1) is 0 Å². The summed E-state index contributed by atoms with van der Waals surface area (Å²) in [5, 5.41) is 8.57. The Labute approximate surface area is 114 Å². The molecule has 19 heavy (non-hydrogen) atoms. The Balaban J connectivity index is 2.38. The van der Waals surface area contributed by atoms with E-state index in [0.29, 0.717) is 25.2 Å². The Bertz CT molecular complexity index is 418. The highest BCUT2D eigenvalue weighted by atomic mass is 16.3. The second kappa shape index (κ2) is 7.85. The molecular formula is C16H22O3. The largest absolute Gasteiger partial charge is 0.389 e. The lowest BCUT2D eigenvalue weighted by Crippen LogP contribution is -2.07. The minimum Gasteiger partial charge on any atom is -0.389 e. The molecule has 0 amide bonds. The van der Waals surface area contributed by atoms with Crippen molar-refractivity contribution in [1.29, 1.82) is 0 Å². The van der Waals surface area contributed by atoms with E-state index in [0.717, 1.165) is 5.56 Å². The maximum Gasteiger partial charge on any atom is 0.158 e. The standard InChI is InChI=1S/C16H22O3/c1-12(2)14-8-6-13(7-9-14)10-15(18)4-3-5-16(19)11-17/h6-9,12,17H,3-5,10-11H2,1-2H3. The van der Waals surface area contributed by atoms with Gasteiger partial charge < -0.3 is 5.11 Å². The lowest BCUT2D eigenvalue weighted by atomic mass is 9.99. The summed E-state index contributed by atoms with van der Waals surface area (Å²) < 4.78 is 0. The number of hydrogen-bond donors (Lipinski definition) is 1. The highest BCUT2D eigenvalue weighted by Gasteiger charge is 2.06. The molecule has 0 unspecified atom stereocenters. The molecule has 0 fully saturated rings. The van der Waals surface area contributed by atoms with Crippen LogP contribution in [0.1, 0.15) is 50.2 Å². The van der Waals surface area contributed by atoms with Crippen molar-refractivity contribution < 1.29 is 14.7 Å². The van der Waals surface area contributed by atoms with Crippen LogP contribution in [0.2, 0.25) is 0 Å². The van der Waals surface area contributed by atoms with Crippen LogP contribution in [0.5, 0.6) is 0 Å². The first-order valence-electron chi connectivity index (χ1n) is 6.76. The zero-order valence-electron chi connectivity index (χ0n) is 11.7. The van der Waals surface area contributed by atoms with Crippen molar-refractivity contribution >= 4 is 11.6 Å². The van der Waals surface area contributed by atoms with Gasteiger partial charge in [-0.3, -0.25) is 9.59 Å². The predicted octanol–water partition coefficient (Wildman–Crippen LogP) is 2.65. The van der Waals surface area contributed by atoms with Gasteiger partial charge in [0.25, 0.3) is 0 Å². The summed E-state index contributed by atoms with van der Waals surface area (Å²) in [5.41, 5.74) is 2.28. The number of carbonyl (C=O) groups is 2. The third-order valence-corrected chi connectivity index (χ3v) is 3.14. The number of aliphatic hydroxyl groups excluding tert-OH is 1. The fraction of sp³-hybridized carbons (Fsp3) is 0.500. The second-order valence-corrected chi connectivity index (χ2v) is 5.16. The van der Waals surface area contributed by atoms with Gasteiger partial charge in [-0.05, 0) is 23.5 Å². The molecule has 0 atom stereocenters. The molecule has 1 N–H and O–H groups in total. The molecule has 0 bridgehead atoms. The maximum absolute atomic E-state index is 11.7. The van der Waals surface area contributed by atoms with Crippen molar-refractivity contribution in [1.82, 2.24) is 0 Å². The smallest absolute Gasteiger partial charge is 0.158 e. The molecule has 0 aromatic heterocycles. The average Bonchev–Trinajstić information content (AvgIpc) is 2.39. The van der Waals surface area contributed by atoms with Crippen LogP contribution in [-0.2, 0) is 16.0 Å². The normalized spacial score (nSPS) is 10.7. The summed E-state index contributed by atoms with van der Waals surface area (Å²) in [5.74, 6) is 0.436. The summed E-state index contributed by atoms with van der Waals surface area (Å²) >= 11 is 0. The molecule has 0 radical (unpaired) electrons. The van der Waals surface area contributed by atoms with E-state index in [1.165, 1.54) is 5.56 Å². The Morgan fingerprint density at radius 3 is 2.16 bits per heavy atom. The van der Waals surface area contributed by atoms with E-state index in [-0.39, 0.29) is 18.0 Å².